The second-order valence-corrected chi connectivity index (χ2v) is 27.5. The molecule has 3 aliphatic rings. The van der Waals surface area contributed by atoms with Crippen molar-refractivity contribution in [2.75, 3.05) is 89.4 Å². The zero-order chi connectivity index (χ0) is 76.3. The third kappa shape index (κ3) is 27.7. The SMILES string of the molecule is CC(C)C(=O)OCc1ccc(NC(=O)[C@H](CCCNC(N)=O)CC(=O)[C@@H](NC(=O)[C@@H](CCCCNC(=O)COC2CCCCCc3c2nnn3[C@@H]2O[C@H](CO)[C@H](O)[C@H](O)[C@H]2O)CC(=O)CCOCCOCCOCCOCCCC(=O)CCC(=O)N2Cc3ccccc3C#Cc3ccccc32)C(C)C)cc1. The molecule has 3 heterocycles. The van der Waals surface area contributed by atoms with E-state index >= 15 is 0 Å². The predicted octanol–water partition coefficient (Wildman–Crippen LogP) is 5.32. The van der Waals surface area contributed by atoms with E-state index in [0.29, 0.717) is 94.1 Å². The molecular weight excluding hydrogens is 1370 g/mol. The lowest BCUT2D eigenvalue weighted by Crippen LogP contribution is -2.56. The van der Waals surface area contributed by atoms with E-state index in [9.17, 15) is 63.6 Å². The number of rotatable bonds is 46. The van der Waals surface area contributed by atoms with Crippen LogP contribution in [-0.4, -0.2) is 198 Å². The summed E-state index contributed by atoms with van der Waals surface area (Å²) in [5.41, 5.74) is 10.7. The standard InChI is InChI=1S/C77H107N9O20/c1-50(2)68(63(90)45-56(20-14-35-80-77(78)99)73(96)81-58-29-25-52(26-30-58)48-105-76(98)51(3)4)82-74(97)55(18-12-13-34-79-66(91)49-104-64-24-7-5-6-23-62-69(64)83-84-86(62)75-72(95)71(94)70(93)65(47-87)106-75)44-60(89)33-37-101-39-41-103-43-42-102-40-38-100-36-15-21-59(88)31-32-67(92)85-46-57-19-9-8-16-53(57)27-28-54-17-10-11-22-61(54)85/h8-11,16-17,19,22,25-26,29-30,50-51,55-56,64-65,68,70-72,75,87,93-95H,5-7,12-15,18,20-21,23-24,31-49H2,1-4H3,(H,79,91)(H,81,96)(H,82,97)(H3,78,80,99)/t55-,56+,64?,65+,68-,70-,71-,72+,75+/m0/s1. The minimum Gasteiger partial charge on any atom is -0.461 e. The highest BCUT2D eigenvalue weighted by atomic mass is 16.6. The number of fused-ring (bicyclic) bond motifs is 3. The highest BCUT2D eigenvalue weighted by molar-refractivity contribution is 5.99. The number of nitrogens with one attached hydrogen (secondary N) is 4. The van der Waals surface area contributed by atoms with Gasteiger partial charge in [-0.15, -0.1) is 5.10 Å². The van der Waals surface area contributed by atoms with Gasteiger partial charge in [0.15, 0.2) is 12.0 Å². The highest BCUT2D eigenvalue weighted by Gasteiger charge is 2.46. The van der Waals surface area contributed by atoms with Crippen molar-refractivity contribution in [1.82, 2.24) is 30.9 Å². The largest absolute Gasteiger partial charge is 0.461 e. The number of nitrogens with zero attached hydrogens (tertiary/aromatic N) is 4. The lowest BCUT2D eigenvalue weighted by molar-refractivity contribution is -0.254. The van der Waals surface area contributed by atoms with Gasteiger partial charge < -0.3 is 85.5 Å². The molecule has 29 heteroatoms. The molecule has 0 saturated carbocycles. The molecule has 580 valence electrons. The smallest absolute Gasteiger partial charge is 0.312 e. The Morgan fingerprint density at radius 1 is 0.670 bits per heavy atom. The van der Waals surface area contributed by atoms with E-state index in [1.54, 1.807) is 56.9 Å². The molecule has 1 unspecified atom stereocenters. The number of aliphatic hydroxyl groups excluding tert-OH is 4. The van der Waals surface area contributed by atoms with Crippen molar-refractivity contribution in [2.24, 2.45) is 29.4 Å². The first kappa shape index (κ1) is 84.8. The summed E-state index contributed by atoms with van der Waals surface area (Å²) in [4.78, 5) is 121. The maximum atomic E-state index is 14.4. The van der Waals surface area contributed by atoms with Gasteiger partial charge in [0.25, 0.3) is 0 Å². The van der Waals surface area contributed by atoms with Crippen molar-refractivity contribution in [3.63, 3.8) is 0 Å². The van der Waals surface area contributed by atoms with E-state index in [2.05, 4.69) is 43.4 Å². The molecule has 10 N–H and O–H groups in total. The number of Topliss-reactive ketones (excluding diaryl/α,β-unsaturated/α-hetero) is 3. The van der Waals surface area contributed by atoms with Crippen LogP contribution in [0.15, 0.2) is 72.8 Å². The number of amides is 6. The molecule has 1 saturated heterocycles. The van der Waals surface area contributed by atoms with Gasteiger partial charge >= 0.3 is 12.0 Å². The maximum absolute atomic E-state index is 14.4. The molecule has 29 nitrogen and oxygen atoms in total. The zero-order valence-corrected chi connectivity index (χ0v) is 61.4. The van der Waals surface area contributed by atoms with Crippen LogP contribution in [0.25, 0.3) is 0 Å². The number of ether oxygens (including phenoxy) is 7. The van der Waals surface area contributed by atoms with Crippen LogP contribution in [0.1, 0.15) is 176 Å². The molecular formula is C77H107N9O20. The van der Waals surface area contributed by atoms with Gasteiger partial charge in [0.1, 0.15) is 61.0 Å². The monoisotopic (exact) mass is 1480 g/mol. The second-order valence-electron chi connectivity index (χ2n) is 27.5. The number of unbranched alkanes of at least 4 members (excludes halogenated alkanes) is 1. The van der Waals surface area contributed by atoms with Crippen LogP contribution in [0.2, 0.25) is 0 Å². The molecule has 1 aromatic heterocycles. The van der Waals surface area contributed by atoms with Gasteiger partial charge in [-0.05, 0) is 98.7 Å². The molecule has 1 aliphatic carbocycles. The van der Waals surface area contributed by atoms with Gasteiger partial charge in [-0.3, -0.25) is 38.4 Å². The first-order valence-corrected chi connectivity index (χ1v) is 37.0. The number of carbonyl (C=O) groups is 9. The van der Waals surface area contributed by atoms with E-state index in [1.165, 1.54) is 4.68 Å². The fraction of sp³-hybridized carbons (Fsp3) is 0.597. The Morgan fingerprint density at radius 3 is 2.04 bits per heavy atom. The number of primary amides is 1. The summed E-state index contributed by atoms with van der Waals surface area (Å²) < 4.78 is 41.2. The van der Waals surface area contributed by atoms with Crippen LogP contribution in [0.5, 0.6) is 0 Å². The van der Waals surface area contributed by atoms with E-state index in [1.807, 2.05) is 48.5 Å². The molecule has 0 spiro atoms. The molecule has 3 aromatic carbocycles. The molecule has 0 radical (unpaired) electrons. The van der Waals surface area contributed by atoms with Gasteiger partial charge in [0, 0.05) is 86.9 Å². The molecule has 6 amide bonds. The molecule has 9 atom stereocenters. The van der Waals surface area contributed by atoms with Crippen LogP contribution in [0, 0.1) is 35.5 Å². The molecule has 0 bridgehead atoms. The lowest BCUT2D eigenvalue weighted by atomic mass is 9.88. The Kier molecular flexibility index (Phi) is 36.3. The summed E-state index contributed by atoms with van der Waals surface area (Å²) in [6, 6.07) is 20.1. The Morgan fingerprint density at radius 2 is 1.33 bits per heavy atom. The third-order valence-corrected chi connectivity index (χ3v) is 18.6. The molecule has 7 rings (SSSR count). The van der Waals surface area contributed by atoms with Gasteiger partial charge in [-0.2, -0.15) is 0 Å². The van der Waals surface area contributed by atoms with Crippen molar-refractivity contribution in [3.8, 4) is 11.8 Å². The zero-order valence-electron chi connectivity index (χ0n) is 61.4. The number of anilines is 2. The number of urea groups is 1. The first-order chi connectivity index (χ1) is 51.1. The third-order valence-electron chi connectivity index (χ3n) is 18.6. The normalized spacial score (nSPS) is 18.5. The fourth-order valence-electron chi connectivity index (χ4n) is 12.5. The Bertz CT molecular complexity index is 3560. The number of aliphatic hydroxyl groups is 4. The van der Waals surface area contributed by atoms with Crippen LogP contribution in [0.4, 0.5) is 16.2 Å². The van der Waals surface area contributed by atoms with Crippen LogP contribution < -0.4 is 31.9 Å². The number of para-hydroxylation sites is 1. The van der Waals surface area contributed by atoms with Gasteiger partial charge in [-0.1, -0.05) is 106 Å². The summed E-state index contributed by atoms with van der Waals surface area (Å²) in [6.45, 7) is 8.74. The summed E-state index contributed by atoms with van der Waals surface area (Å²) in [5, 5.41) is 61.2. The number of ketones is 3. The van der Waals surface area contributed by atoms with Crippen molar-refractivity contribution < 1.29 is 96.7 Å². The van der Waals surface area contributed by atoms with Crippen molar-refractivity contribution in [1.29, 1.82) is 0 Å². The number of benzene rings is 3. The minimum absolute atomic E-state index is 0.0183. The second kappa shape index (κ2) is 45.3. The van der Waals surface area contributed by atoms with E-state index in [0.717, 1.165) is 41.6 Å². The number of carbonyl (C=O) groups excluding carboxylic acids is 9. The average Bonchev–Trinajstić information content (AvgIpc) is 1.52. The van der Waals surface area contributed by atoms with Gasteiger partial charge in [-0.25, -0.2) is 9.48 Å². The summed E-state index contributed by atoms with van der Waals surface area (Å²) in [6.07, 6.45) is -2.58. The van der Waals surface area contributed by atoms with E-state index in [-0.39, 0.29) is 133 Å². The molecule has 4 aromatic rings. The van der Waals surface area contributed by atoms with Crippen LogP contribution >= 0.6 is 0 Å². The summed E-state index contributed by atoms with van der Waals surface area (Å²) in [5.74, 6) is 1.19. The van der Waals surface area contributed by atoms with Crippen molar-refractivity contribution in [3.05, 3.63) is 106 Å². The van der Waals surface area contributed by atoms with E-state index < -0.39 is 96.7 Å². The van der Waals surface area contributed by atoms with Gasteiger partial charge in [0.2, 0.25) is 23.6 Å². The number of nitrogens with two attached hydrogens (primary N) is 1. The predicted molar refractivity (Wildman–Crippen MR) is 388 cm³/mol. The molecule has 2 aliphatic heterocycles. The number of hydrogen-bond donors (Lipinski definition) is 9. The Balaban J connectivity index is 0.845. The van der Waals surface area contributed by atoms with Crippen LogP contribution in [0.3, 0.4) is 0 Å². The lowest BCUT2D eigenvalue weighted by Gasteiger charge is -2.40. The molecule has 106 heavy (non-hydrogen) atoms. The Labute approximate surface area is 619 Å². The first-order valence-electron chi connectivity index (χ1n) is 37.0. The maximum Gasteiger partial charge on any atom is 0.312 e. The minimum atomic E-state index is -1.62. The van der Waals surface area contributed by atoms with Crippen molar-refractivity contribution in [2.45, 2.75) is 193 Å². The molecule has 1 fully saturated rings. The number of hydrogen-bond acceptors (Lipinski definition) is 22. The average molecular weight is 1480 g/mol. The number of aromatic nitrogens is 3. The Hall–Kier alpha value is -8.41. The summed E-state index contributed by atoms with van der Waals surface area (Å²) in [7, 11) is 0. The number of esters is 1. The van der Waals surface area contributed by atoms with Gasteiger partial charge in [0.05, 0.1) is 82.7 Å². The summed E-state index contributed by atoms with van der Waals surface area (Å²) >= 11 is 0. The van der Waals surface area contributed by atoms with E-state index in [4.69, 9.17) is 38.9 Å². The quantitative estimate of drug-likeness (QED) is 0.0153. The topological polar surface area (TPSA) is 407 Å². The highest BCUT2D eigenvalue weighted by Crippen LogP contribution is 2.35. The fourth-order valence-corrected chi connectivity index (χ4v) is 12.5. The van der Waals surface area contributed by atoms with Crippen LogP contribution in [-0.2, 0) is 91.1 Å². The van der Waals surface area contributed by atoms with Crippen molar-refractivity contribution >= 4 is 64.4 Å².